The summed E-state index contributed by atoms with van der Waals surface area (Å²) in [4.78, 5) is 11.5. The number of hydrogen-bond donors (Lipinski definition) is 1. The van der Waals surface area contributed by atoms with E-state index in [0.29, 0.717) is 6.42 Å². The van der Waals surface area contributed by atoms with Gasteiger partial charge >= 0.3 is 0 Å². The number of hydrogen-bond acceptors (Lipinski definition) is 1. The summed E-state index contributed by atoms with van der Waals surface area (Å²) in [5.74, 6) is 6.24. The summed E-state index contributed by atoms with van der Waals surface area (Å²) in [6.45, 7) is 0. The van der Waals surface area contributed by atoms with Gasteiger partial charge in [-0.2, -0.15) is 0 Å². The van der Waals surface area contributed by atoms with Crippen molar-refractivity contribution in [2.75, 3.05) is 0 Å². The van der Waals surface area contributed by atoms with Gasteiger partial charge in [-0.3, -0.25) is 4.79 Å². The van der Waals surface area contributed by atoms with E-state index in [0.717, 1.165) is 19.3 Å². The van der Waals surface area contributed by atoms with E-state index in [-0.39, 0.29) is 11.8 Å². The van der Waals surface area contributed by atoms with Gasteiger partial charge < -0.3 is 5.73 Å². The normalized spacial score (nSPS) is 24.1. The van der Waals surface area contributed by atoms with E-state index < -0.39 is 0 Å². The van der Waals surface area contributed by atoms with Crippen LogP contribution in [0.5, 0.6) is 0 Å². The minimum Gasteiger partial charge on any atom is -0.369 e. The highest BCUT2D eigenvalue weighted by molar-refractivity contribution is 5.76. The first-order valence-electron chi connectivity index (χ1n) is 10.6. The average molecular weight is 334 g/mol. The van der Waals surface area contributed by atoms with Crippen LogP contribution in [0, 0.1) is 17.8 Å². The highest BCUT2D eigenvalue weighted by atomic mass is 16.1. The zero-order valence-corrected chi connectivity index (χ0v) is 15.8. The van der Waals surface area contributed by atoms with Crippen molar-refractivity contribution in [3.63, 3.8) is 0 Å². The van der Waals surface area contributed by atoms with Crippen LogP contribution in [0.2, 0.25) is 0 Å². The molecular weight excluding hydrogens is 294 g/mol. The van der Waals surface area contributed by atoms with Crippen LogP contribution in [0.3, 0.4) is 0 Å². The van der Waals surface area contributed by atoms with Gasteiger partial charge in [0.1, 0.15) is 0 Å². The van der Waals surface area contributed by atoms with Gasteiger partial charge in [0.2, 0.25) is 5.91 Å². The molecule has 138 valence electrons. The van der Waals surface area contributed by atoms with Crippen LogP contribution in [0.25, 0.3) is 0 Å². The molecule has 1 rings (SSSR count). The van der Waals surface area contributed by atoms with Crippen molar-refractivity contribution < 1.29 is 4.79 Å². The molecular formula is C22H39NO. The van der Waals surface area contributed by atoms with Crippen LogP contribution in [-0.4, -0.2) is 5.91 Å². The fourth-order valence-electron chi connectivity index (χ4n) is 3.53. The lowest BCUT2D eigenvalue weighted by atomic mass is 9.96. The average Bonchev–Trinajstić information content (AvgIpc) is 2.57. The summed E-state index contributed by atoms with van der Waals surface area (Å²) in [5.41, 5.74) is 5.53. The summed E-state index contributed by atoms with van der Waals surface area (Å²) in [6, 6.07) is 0. The highest BCUT2D eigenvalue weighted by Crippen LogP contribution is 2.17. The summed E-state index contributed by atoms with van der Waals surface area (Å²) in [5, 5.41) is 0. The second-order valence-corrected chi connectivity index (χ2v) is 7.50. The SMILES string of the molecule is NC(=O)C1CC#CCCCCCCCCCCCCCCCCC1. The molecule has 2 N–H and O–H groups in total. The van der Waals surface area contributed by atoms with Crippen LogP contribution in [0.1, 0.15) is 116 Å². The Morgan fingerprint density at radius 2 is 1.04 bits per heavy atom. The molecule has 0 bridgehead atoms. The minimum atomic E-state index is -0.164. The fraction of sp³-hybridized carbons (Fsp3) is 0.864. The fourth-order valence-corrected chi connectivity index (χ4v) is 3.53. The Morgan fingerprint density at radius 3 is 1.50 bits per heavy atom. The molecule has 2 nitrogen and oxygen atoms in total. The monoisotopic (exact) mass is 333 g/mol. The number of amides is 1. The van der Waals surface area contributed by atoms with E-state index in [1.165, 1.54) is 89.9 Å². The Labute approximate surface area is 150 Å². The van der Waals surface area contributed by atoms with Gasteiger partial charge in [0.05, 0.1) is 0 Å². The van der Waals surface area contributed by atoms with Crippen molar-refractivity contribution in [1.82, 2.24) is 0 Å². The molecule has 0 heterocycles. The lowest BCUT2D eigenvalue weighted by Crippen LogP contribution is -2.22. The zero-order chi connectivity index (χ0) is 17.3. The molecule has 1 aliphatic rings. The molecule has 0 saturated carbocycles. The van der Waals surface area contributed by atoms with Gasteiger partial charge in [0.15, 0.2) is 0 Å². The maximum atomic E-state index is 11.5. The first-order valence-corrected chi connectivity index (χ1v) is 10.6. The van der Waals surface area contributed by atoms with Gasteiger partial charge in [0, 0.05) is 18.8 Å². The Morgan fingerprint density at radius 1 is 0.625 bits per heavy atom. The maximum absolute atomic E-state index is 11.5. The van der Waals surface area contributed by atoms with Gasteiger partial charge in [-0.1, -0.05) is 89.9 Å². The van der Waals surface area contributed by atoms with Crippen molar-refractivity contribution in [2.45, 2.75) is 116 Å². The molecule has 1 aliphatic carbocycles. The summed E-state index contributed by atoms with van der Waals surface area (Å²) in [7, 11) is 0. The number of nitrogens with two attached hydrogens (primary N) is 1. The Hall–Kier alpha value is -0.970. The van der Waals surface area contributed by atoms with Gasteiger partial charge in [-0.25, -0.2) is 0 Å². The molecule has 1 atom stereocenters. The number of primary amides is 1. The Balaban J connectivity index is 2.29. The number of rotatable bonds is 1. The highest BCUT2D eigenvalue weighted by Gasteiger charge is 2.13. The Bertz CT molecular complexity index is 366. The molecule has 0 aliphatic heterocycles. The van der Waals surface area contributed by atoms with E-state index in [1.54, 1.807) is 0 Å². The minimum absolute atomic E-state index is 0.0355. The summed E-state index contributed by atoms with van der Waals surface area (Å²) < 4.78 is 0. The molecule has 0 spiro atoms. The lowest BCUT2D eigenvalue weighted by Gasteiger charge is -2.09. The van der Waals surface area contributed by atoms with E-state index in [9.17, 15) is 4.79 Å². The maximum Gasteiger partial charge on any atom is 0.221 e. The molecule has 0 aromatic carbocycles. The smallest absolute Gasteiger partial charge is 0.221 e. The van der Waals surface area contributed by atoms with Crippen LogP contribution >= 0.6 is 0 Å². The molecule has 1 amide bonds. The van der Waals surface area contributed by atoms with E-state index >= 15 is 0 Å². The molecule has 0 aromatic rings. The first kappa shape index (κ1) is 21.1. The summed E-state index contributed by atoms with van der Waals surface area (Å²) >= 11 is 0. The van der Waals surface area contributed by atoms with Gasteiger partial charge in [-0.05, 0) is 12.8 Å². The third kappa shape index (κ3) is 12.5. The van der Waals surface area contributed by atoms with Crippen LogP contribution < -0.4 is 5.73 Å². The molecule has 0 aromatic heterocycles. The predicted octanol–water partition coefficient (Wildman–Crippen LogP) is 6.13. The standard InChI is InChI=1S/C22H39NO/c23-22(24)21-19-17-15-13-11-9-7-5-3-1-2-4-6-8-10-12-14-16-18-20-21/h21H,1-15,17,19-20H2,(H2,23,24). The summed E-state index contributed by atoms with van der Waals surface area (Å²) in [6.07, 6.45) is 22.7. The van der Waals surface area contributed by atoms with Crippen molar-refractivity contribution in [3.8, 4) is 11.8 Å². The molecule has 0 fully saturated rings. The van der Waals surface area contributed by atoms with Crippen LogP contribution in [0.4, 0.5) is 0 Å². The third-order valence-corrected chi connectivity index (χ3v) is 5.23. The predicted molar refractivity (Wildman–Crippen MR) is 104 cm³/mol. The van der Waals surface area contributed by atoms with Crippen LogP contribution in [0.15, 0.2) is 0 Å². The zero-order valence-electron chi connectivity index (χ0n) is 15.8. The van der Waals surface area contributed by atoms with Crippen molar-refractivity contribution in [3.05, 3.63) is 0 Å². The van der Waals surface area contributed by atoms with Crippen molar-refractivity contribution >= 4 is 5.91 Å². The number of carbonyl (C=O) groups excluding carboxylic acids is 1. The largest absolute Gasteiger partial charge is 0.369 e. The van der Waals surface area contributed by atoms with E-state index in [2.05, 4.69) is 11.8 Å². The molecule has 24 heavy (non-hydrogen) atoms. The van der Waals surface area contributed by atoms with Gasteiger partial charge in [0.25, 0.3) is 0 Å². The lowest BCUT2D eigenvalue weighted by molar-refractivity contribution is -0.121. The van der Waals surface area contributed by atoms with E-state index in [1.807, 2.05) is 0 Å². The Kier molecular flexibility index (Phi) is 13.7. The molecule has 0 saturated heterocycles. The van der Waals surface area contributed by atoms with Crippen LogP contribution in [-0.2, 0) is 4.79 Å². The molecule has 1 unspecified atom stereocenters. The third-order valence-electron chi connectivity index (χ3n) is 5.23. The van der Waals surface area contributed by atoms with E-state index in [4.69, 9.17) is 5.73 Å². The van der Waals surface area contributed by atoms with Crippen molar-refractivity contribution in [1.29, 1.82) is 0 Å². The topological polar surface area (TPSA) is 43.1 Å². The molecule has 2 heteroatoms. The molecule has 0 radical (unpaired) electrons. The first-order chi connectivity index (χ1) is 11.8. The second-order valence-electron chi connectivity index (χ2n) is 7.50. The number of carbonyl (C=O) groups is 1. The second kappa shape index (κ2) is 15.6. The van der Waals surface area contributed by atoms with Gasteiger partial charge in [-0.15, -0.1) is 11.8 Å². The quantitative estimate of drug-likeness (QED) is 0.576. The van der Waals surface area contributed by atoms with Crippen molar-refractivity contribution in [2.24, 2.45) is 11.7 Å².